The second-order valence-corrected chi connectivity index (χ2v) is 27.7. The highest BCUT2D eigenvalue weighted by atomic mass is 15.2. The van der Waals surface area contributed by atoms with E-state index in [1.807, 2.05) is 0 Å². The maximum absolute atomic E-state index is 2.72. The molecule has 8 aromatic rings. The lowest BCUT2D eigenvalue weighted by Gasteiger charge is -2.47. The topological polar surface area (TPSA) is 9.72 Å². The van der Waals surface area contributed by atoms with Crippen molar-refractivity contribution in [1.29, 1.82) is 0 Å². The zero-order chi connectivity index (χ0) is 53.6. The van der Waals surface area contributed by atoms with E-state index in [0.717, 1.165) is 29.9 Å². The van der Waals surface area contributed by atoms with E-state index >= 15 is 0 Å². The summed E-state index contributed by atoms with van der Waals surface area (Å²) in [6, 6.07) is 63.6. The molecule has 2 aliphatic heterocycles. The Morgan fingerprint density at radius 2 is 0.868 bits per heavy atom. The van der Waals surface area contributed by atoms with Crippen LogP contribution in [0.25, 0.3) is 11.1 Å². The van der Waals surface area contributed by atoms with Crippen molar-refractivity contribution in [3.05, 3.63) is 203 Å². The van der Waals surface area contributed by atoms with Gasteiger partial charge in [-0.25, -0.2) is 0 Å². The first kappa shape index (κ1) is 50.1. The van der Waals surface area contributed by atoms with Crippen LogP contribution in [0.3, 0.4) is 0 Å². The first-order valence-corrected chi connectivity index (χ1v) is 28.2. The van der Waals surface area contributed by atoms with Crippen LogP contribution in [0.4, 0.5) is 51.2 Å². The number of nitrogens with zero attached hydrogens (tertiary/aromatic N) is 3. The lowest BCUT2D eigenvalue weighted by atomic mass is 9.33. The third-order valence-corrected chi connectivity index (χ3v) is 18.3. The minimum atomic E-state index is -0.0763. The summed E-state index contributed by atoms with van der Waals surface area (Å²) < 4.78 is 0. The Hall–Kier alpha value is -6.78. The van der Waals surface area contributed by atoms with Crippen LogP contribution in [0.15, 0.2) is 164 Å². The number of benzene rings is 8. The molecule has 0 atom stereocenters. The van der Waals surface area contributed by atoms with Gasteiger partial charge in [-0.3, -0.25) is 0 Å². The molecule has 384 valence electrons. The molecule has 2 heterocycles. The van der Waals surface area contributed by atoms with Crippen LogP contribution < -0.4 is 31.1 Å². The minimum Gasteiger partial charge on any atom is -0.311 e. The smallest absolute Gasteiger partial charge is 0.252 e. The van der Waals surface area contributed by atoms with E-state index in [1.54, 1.807) is 0 Å². The molecule has 12 rings (SSSR count). The van der Waals surface area contributed by atoms with Gasteiger partial charge in [0.1, 0.15) is 0 Å². The average molecular weight is 996 g/mol. The molecule has 3 nitrogen and oxygen atoms in total. The quantitative estimate of drug-likeness (QED) is 0.154. The number of aryl methyl sites for hydroxylation is 1. The number of para-hydroxylation sites is 2. The number of hydrogen-bond acceptors (Lipinski definition) is 3. The fraction of sp³-hybridized carbons (Fsp3) is 0.333. The molecule has 0 aromatic heterocycles. The molecule has 0 saturated carbocycles. The van der Waals surface area contributed by atoms with Gasteiger partial charge in [-0.2, -0.15) is 0 Å². The Bertz CT molecular complexity index is 3570. The molecule has 0 amide bonds. The average Bonchev–Trinajstić information content (AvgIpc) is 3.69. The van der Waals surface area contributed by atoms with Gasteiger partial charge in [-0.15, -0.1) is 0 Å². The predicted octanol–water partition coefficient (Wildman–Crippen LogP) is 18.1. The van der Waals surface area contributed by atoms with E-state index in [1.165, 1.54) is 107 Å². The lowest BCUT2D eigenvalue weighted by molar-refractivity contribution is 0.332. The van der Waals surface area contributed by atoms with Gasteiger partial charge in [0.25, 0.3) is 6.71 Å². The molecule has 4 aliphatic rings. The summed E-state index contributed by atoms with van der Waals surface area (Å²) >= 11 is 0. The number of fused-ring (bicyclic) bond motifs is 6. The van der Waals surface area contributed by atoms with Gasteiger partial charge >= 0.3 is 0 Å². The molecule has 0 spiro atoms. The normalized spacial score (nSPS) is 17.3. The van der Waals surface area contributed by atoms with Gasteiger partial charge in [0, 0.05) is 45.4 Å². The first-order valence-electron chi connectivity index (χ1n) is 28.2. The summed E-state index contributed by atoms with van der Waals surface area (Å²) in [6.45, 7) is 36.2. The van der Waals surface area contributed by atoms with Gasteiger partial charge in [0.05, 0.1) is 11.4 Å². The Labute approximate surface area is 456 Å². The Balaban J connectivity index is 1.28. The van der Waals surface area contributed by atoms with Crippen LogP contribution in [-0.2, 0) is 32.5 Å². The molecule has 2 aliphatic carbocycles. The number of hydrogen-bond donors (Lipinski definition) is 0. The predicted molar refractivity (Wildman–Crippen MR) is 329 cm³/mol. The molecule has 4 heteroatoms. The van der Waals surface area contributed by atoms with Crippen molar-refractivity contribution in [2.45, 2.75) is 156 Å². The summed E-state index contributed by atoms with van der Waals surface area (Å²) in [5, 5.41) is 0. The van der Waals surface area contributed by atoms with Crippen molar-refractivity contribution < 1.29 is 0 Å². The largest absolute Gasteiger partial charge is 0.311 e. The Morgan fingerprint density at radius 1 is 0.408 bits per heavy atom. The van der Waals surface area contributed by atoms with Gasteiger partial charge in [-0.1, -0.05) is 194 Å². The lowest BCUT2D eigenvalue weighted by Crippen LogP contribution is -2.61. The van der Waals surface area contributed by atoms with E-state index in [9.17, 15) is 0 Å². The maximum Gasteiger partial charge on any atom is 0.252 e. The zero-order valence-corrected chi connectivity index (χ0v) is 48.1. The summed E-state index contributed by atoms with van der Waals surface area (Å²) in [5.74, 6) is 0. The third-order valence-electron chi connectivity index (χ3n) is 18.3. The van der Waals surface area contributed by atoms with Crippen LogP contribution in [0.1, 0.15) is 155 Å². The molecule has 0 fully saturated rings. The Morgan fingerprint density at radius 3 is 1.43 bits per heavy atom. The monoisotopic (exact) mass is 996 g/mol. The standard InChI is InChI=1S/C72H78BN3/c1-46-37-54-56(70(10,11)36-35-69(54,8)9)43-61(46)76-62-39-49(68(5,6)7)31-33-58(62)73-59-42-55-57(72(14,15)45-71(55,12)13)44-63(59)75(60-34-32-48(67(2,3)4)38-53(60)47-25-19-16-20-26-47)64-40-52(41-65(76)66(64)73)74(50-27-21-17-22-28-50)51-29-23-18-24-30-51/h16-34,37-44H,35-36,45H2,1-15H3. The second-order valence-electron chi connectivity index (χ2n) is 27.7. The van der Waals surface area contributed by atoms with E-state index in [2.05, 4.69) is 282 Å². The number of rotatable bonds is 6. The molecule has 76 heavy (non-hydrogen) atoms. The van der Waals surface area contributed by atoms with Gasteiger partial charge in [-0.05, 0) is 186 Å². The molecular formula is C72H78BN3. The summed E-state index contributed by atoms with van der Waals surface area (Å²) in [6.07, 6.45) is 3.42. The molecule has 0 saturated heterocycles. The fourth-order valence-electron chi connectivity index (χ4n) is 14.2. The molecule has 0 radical (unpaired) electrons. The van der Waals surface area contributed by atoms with Crippen molar-refractivity contribution in [3.63, 3.8) is 0 Å². The minimum absolute atomic E-state index is 0.00152. The summed E-state index contributed by atoms with van der Waals surface area (Å²) in [7, 11) is 0. The highest BCUT2D eigenvalue weighted by Gasteiger charge is 2.49. The van der Waals surface area contributed by atoms with Gasteiger partial charge in [0.2, 0.25) is 0 Å². The van der Waals surface area contributed by atoms with Crippen LogP contribution >= 0.6 is 0 Å². The fourth-order valence-corrected chi connectivity index (χ4v) is 14.2. The first-order chi connectivity index (χ1) is 35.8. The molecule has 8 aromatic carbocycles. The van der Waals surface area contributed by atoms with Crippen LogP contribution in [-0.4, -0.2) is 6.71 Å². The van der Waals surface area contributed by atoms with Crippen molar-refractivity contribution in [2.75, 3.05) is 14.7 Å². The van der Waals surface area contributed by atoms with Crippen LogP contribution in [0.2, 0.25) is 0 Å². The molecule has 0 N–H and O–H groups in total. The summed E-state index contributed by atoms with van der Waals surface area (Å²) in [5.41, 5.74) is 27.1. The van der Waals surface area contributed by atoms with E-state index in [4.69, 9.17) is 0 Å². The maximum atomic E-state index is 2.72. The summed E-state index contributed by atoms with van der Waals surface area (Å²) in [4.78, 5) is 7.91. The van der Waals surface area contributed by atoms with Gasteiger partial charge < -0.3 is 14.7 Å². The Kier molecular flexibility index (Phi) is 11.3. The molecular weight excluding hydrogens is 918 g/mol. The third kappa shape index (κ3) is 7.98. The van der Waals surface area contributed by atoms with E-state index in [0.29, 0.717) is 0 Å². The molecule has 0 bridgehead atoms. The zero-order valence-electron chi connectivity index (χ0n) is 48.1. The SMILES string of the molecule is Cc1cc2c(cc1N1c3cc(C(C)(C)C)ccc3B3c4cc5c(cc4N(c4ccc(C(C)(C)C)cc4-c4ccccc4)c4cc(N(c6ccccc6)c6ccccc6)cc1c43)C(C)(C)CC5(C)C)C(C)(C)CCC2(C)C. The second kappa shape index (κ2) is 17.1. The highest BCUT2D eigenvalue weighted by Crippen LogP contribution is 2.56. The van der Waals surface area contributed by atoms with Gasteiger partial charge in [0.15, 0.2) is 0 Å². The van der Waals surface area contributed by atoms with E-state index in [-0.39, 0.29) is 39.2 Å². The van der Waals surface area contributed by atoms with Crippen LogP contribution in [0.5, 0.6) is 0 Å². The van der Waals surface area contributed by atoms with Crippen molar-refractivity contribution in [2.24, 2.45) is 0 Å². The highest BCUT2D eigenvalue weighted by molar-refractivity contribution is 7.00. The van der Waals surface area contributed by atoms with Crippen molar-refractivity contribution >= 4 is 74.3 Å². The van der Waals surface area contributed by atoms with E-state index < -0.39 is 0 Å². The number of anilines is 9. The molecule has 0 unspecified atom stereocenters. The van der Waals surface area contributed by atoms with Crippen molar-refractivity contribution in [1.82, 2.24) is 0 Å². The van der Waals surface area contributed by atoms with Crippen molar-refractivity contribution in [3.8, 4) is 11.1 Å². The van der Waals surface area contributed by atoms with Crippen LogP contribution in [0, 0.1) is 6.92 Å².